The minimum absolute atomic E-state index is 0.0446. The van der Waals surface area contributed by atoms with Crippen molar-refractivity contribution in [3.63, 3.8) is 0 Å². The Labute approximate surface area is 265 Å². The molecule has 9 heteroatoms. The fourth-order valence-corrected chi connectivity index (χ4v) is 6.21. The van der Waals surface area contributed by atoms with E-state index in [1.54, 1.807) is 48.5 Å². The summed E-state index contributed by atoms with van der Waals surface area (Å²) in [6.45, 7) is 5.03. The Morgan fingerprint density at radius 1 is 0.844 bits per heavy atom. The average molecular weight is 621 g/mol. The number of aromatic nitrogens is 1. The van der Waals surface area contributed by atoms with Crippen LogP contribution in [0.5, 0.6) is 23.0 Å². The maximum Gasteiger partial charge on any atom is 0.301 e. The van der Waals surface area contributed by atoms with Gasteiger partial charge < -0.3 is 19.3 Å². The van der Waals surface area contributed by atoms with Gasteiger partial charge in [-0.15, -0.1) is 0 Å². The molecule has 0 bridgehead atoms. The van der Waals surface area contributed by atoms with Crippen LogP contribution in [0.15, 0.2) is 103 Å². The zero-order valence-electron chi connectivity index (χ0n) is 24.9. The standard InChI is InChI=1S/C36H32N2O6S/c1-3-5-19-43-26-15-10-12-24(21-26)33(39)31-32(23-11-9-16-28(20-23)44-25-13-7-6-8-14-25)38(35(41)34(31)40)36-37-29-18-17-27(42-4-2)22-30(29)45-36/h6-18,20-22,32,39H,3-5,19H2,1-2H3/b33-31+. The summed E-state index contributed by atoms with van der Waals surface area (Å²) in [5.74, 6) is 0.518. The molecule has 1 aliphatic heterocycles. The highest BCUT2D eigenvalue weighted by Crippen LogP contribution is 2.45. The number of hydrogen-bond acceptors (Lipinski definition) is 8. The number of anilines is 1. The van der Waals surface area contributed by atoms with Crippen molar-refractivity contribution in [3.8, 4) is 23.0 Å². The molecule has 1 unspecified atom stereocenters. The van der Waals surface area contributed by atoms with Gasteiger partial charge in [0.1, 0.15) is 28.8 Å². The van der Waals surface area contributed by atoms with Gasteiger partial charge in [0.05, 0.1) is 35.0 Å². The minimum atomic E-state index is -0.971. The van der Waals surface area contributed by atoms with Crippen LogP contribution in [0.3, 0.4) is 0 Å². The molecular weight excluding hydrogens is 588 g/mol. The van der Waals surface area contributed by atoms with Crippen LogP contribution in [0.4, 0.5) is 5.13 Å². The lowest BCUT2D eigenvalue weighted by atomic mass is 9.95. The number of Topliss-reactive ketones (excluding diaryl/α,β-unsaturated/α-hetero) is 1. The van der Waals surface area contributed by atoms with Crippen molar-refractivity contribution in [2.24, 2.45) is 0 Å². The van der Waals surface area contributed by atoms with Crippen molar-refractivity contribution in [3.05, 3.63) is 114 Å². The number of unbranched alkanes of at least 4 members (excludes halogenated alkanes) is 1. The highest BCUT2D eigenvalue weighted by Gasteiger charge is 2.48. The number of carbonyl (C=O) groups is 2. The number of rotatable bonds is 11. The fourth-order valence-electron chi connectivity index (χ4n) is 5.19. The first-order chi connectivity index (χ1) is 22.0. The predicted octanol–water partition coefficient (Wildman–Crippen LogP) is 8.29. The van der Waals surface area contributed by atoms with Gasteiger partial charge >= 0.3 is 5.91 Å². The topological polar surface area (TPSA) is 98.2 Å². The van der Waals surface area contributed by atoms with E-state index in [2.05, 4.69) is 6.92 Å². The average Bonchev–Trinajstić information content (AvgIpc) is 3.59. The molecule has 0 saturated carbocycles. The number of nitrogens with zero attached hydrogens (tertiary/aromatic N) is 2. The third kappa shape index (κ3) is 6.25. The first kappa shape index (κ1) is 29.9. The number of para-hydroxylation sites is 1. The molecule has 1 amide bonds. The fraction of sp³-hybridized carbons (Fsp3) is 0.194. The molecule has 0 radical (unpaired) electrons. The molecule has 1 aliphatic rings. The highest BCUT2D eigenvalue weighted by atomic mass is 32.1. The van der Waals surface area contributed by atoms with E-state index in [0.717, 1.165) is 17.5 Å². The molecule has 1 fully saturated rings. The van der Waals surface area contributed by atoms with E-state index < -0.39 is 17.7 Å². The summed E-state index contributed by atoms with van der Waals surface area (Å²) in [7, 11) is 0. The van der Waals surface area contributed by atoms with Gasteiger partial charge in [0.15, 0.2) is 5.13 Å². The quantitative estimate of drug-likeness (QED) is 0.0687. The zero-order valence-corrected chi connectivity index (χ0v) is 25.8. The van der Waals surface area contributed by atoms with Gasteiger partial charge in [-0.05, 0) is 73.5 Å². The lowest BCUT2D eigenvalue weighted by Gasteiger charge is -2.23. The van der Waals surface area contributed by atoms with Gasteiger partial charge in [-0.2, -0.15) is 0 Å². The van der Waals surface area contributed by atoms with E-state index in [0.29, 0.717) is 58.0 Å². The number of aliphatic hydroxyl groups excluding tert-OH is 1. The minimum Gasteiger partial charge on any atom is -0.507 e. The normalized spacial score (nSPS) is 15.9. The Morgan fingerprint density at radius 3 is 2.40 bits per heavy atom. The first-order valence-electron chi connectivity index (χ1n) is 14.9. The summed E-state index contributed by atoms with van der Waals surface area (Å²) in [6.07, 6.45) is 1.87. The number of ether oxygens (including phenoxy) is 3. The Bertz CT molecular complexity index is 1880. The van der Waals surface area contributed by atoms with Crippen molar-refractivity contribution in [2.45, 2.75) is 32.7 Å². The van der Waals surface area contributed by atoms with E-state index in [1.807, 2.05) is 55.5 Å². The molecule has 1 N–H and O–H groups in total. The summed E-state index contributed by atoms with van der Waals surface area (Å²) in [5, 5.41) is 12.0. The largest absolute Gasteiger partial charge is 0.507 e. The Balaban J connectivity index is 1.47. The third-order valence-electron chi connectivity index (χ3n) is 7.34. The number of aliphatic hydroxyl groups is 1. The molecule has 1 saturated heterocycles. The molecular formula is C36H32N2O6S. The number of ketones is 1. The Hall–Kier alpha value is -5.15. The molecule has 228 valence electrons. The van der Waals surface area contributed by atoms with Crippen LogP contribution in [-0.2, 0) is 9.59 Å². The summed E-state index contributed by atoms with van der Waals surface area (Å²) in [6, 6.07) is 27.9. The predicted molar refractivity (Wildman–Crippen MR) is 175 cm³/mol. The summed E-state index contributed by atoms with van der Waals surface area (Å²) in [4.78, 5) is 33.7. The van der Waals surface area contributed by atoms with Crippen LogP contribution >= 0.6 is 11.3 Å². The number of benzene rings is 4. The van der Waals surface area contributed by atoms with E-state index in [1.165, 1.54) is 16.2 Å². The number of carbonyl (C=O) groups excluding carboxylic acids is 2. The number of thiazole rings is 1. The van der Waals surface area contributed by atoms with Crippen molar-refractivity contribution in [1.29, 1.82) is 0 Å². The van der Waals surface area contributed by atoms with Gasteiger partial charge in [-0.1, -0.05) is 67.1 Å². The molecule has 0 spiro atoms. The van der Waals surface area contributed by atoms with E-state index in [4.69, 9.17) is 19.2 Å². The van der Waals surface area contributed by atoms with E-state index >= 15 is 0 Å². The number of fused-ring (bicyclic) bond motifs is 1. The van der Waals surface area contributed by atoms with Crippen molar-refractivity contribution in [2.75, 3.05) is 18.1 Å². The van der Waals surface area contributed by atoms with Crippen molar-refractivity contribution < 1.29 is 28.9 Å². The molecule has 8 nitrogen and oxygen atoms in total. The second-order valence-corrected chi connectivity index (χ2v) is 11.5. The zero-order chi connectivity index (χ0) is 31.3. The number of amides is 1. The van der Waals surface area contributed by atoms with Gasteiger partial charge in [-0.3, -0.25) is 14.5 Å². The molecule has 0 aliphatic carbocycles. The maximum atomic E-state index is 13.8. The third-order valence-corrected chi connectivity index (χ3v) is 8.35. The van der Waals surface area contributed by atoms with Crippen LogP contribution in [0.25, 0.3) is 16.0 Å². The molecule has 45 heavy (non-hydrogen) atoms. The molecule has 1 atom stereocenters. The summed E-state index contributed by atoms with van der Waals surface area (Å²) in [5.41, 5.74) is 1.57. The smallest absolute Gasteiger partial charge is 0.301 e. The van der Waals surface area contributed by atoms with Gasteiger partial charge in [0.25, 0.3) is 5.78 Å². The van der Waals surface area contributed by atoms with E-state index in [9.17, 15) is 14.7 Å². The second-order valence-electron chi connectivity index (χ2n) is 10.4. The molecule has 1 aromatic heterocycles. The molecule has 5 aromatic rings. The summed E-state index contributed by atoms with van der Waals surface area (Å²) < 4.78 is 18.4. The van der Waals surface area contributed by atoms with E-state index in [-0.39, 0.29) is 11.3 Å². The first-order valence-corrected chi connectivity index (χ1v) is 15.7. The van der Waals surface area contributed by atoms with Crippen LogP contribution in [0, 0.1) is 0 Å². The molecule has 4 aromatic carbocycles. The SMILES string of the molecule is CCCCOc1cccc(/C(O)=C2\C(=O)C(=O)N(c3nc4ccc(OCC)cc4s3)C2c2cccc(Oc3ccccc3)c2)c1. The lowest BCUT2D eigenvalue weighted by molar-refractivity contribution is -0.132. The van der Waals surface area contributed by atoms with Crippen molar-refractivity contribution >= 4 is 44.1 Å². The molecule has 2 heterocycles. The van der Waals surface area contributed by atoms with Crippen molar-refractivity contribution in [1.82, 2.24) is 4.98 Å². The van der Waals surface area contributed by atoms with Crippen LogP contribution in [0.2, 0.25) is 0 Å². The van der Waals surface area contributed by atoms with Crippen LogP contribution in [-0.4, -0.2) is 35.0 Å². The summed E-state index contributed by atoms with van der Waals surface area (Å²) >= 11 is 1.28. The van der Waals surface area contributed by atoms with Crippen LogP contribution < -0.4 is 19.1 Å². The molecule has 6 rings (SSSR count). The van der Waals surface area contributed by atoms with Gasteiger partial charge in [-0.25, -0.2) is 4.98 Å². The number of hydrogen-bond donors (Lipinski definition) is 1. The Morgan fingerprint density at radius 2 is 1.60 bits per heavy atom. The highest BCUT2D eigenvalue weighted by molar-refractivity contribution is 7.22. The van der Waals surface area contributed by atoms with Crippen LogP contribution in [0.1, 0.15) is 43.9 Å². The second kappa shape index (κ2) is 13.2. The monoisotopic (exact) mass is 620 g/mol. The Kier molecular flexibility index (Phi) is 8.79. The van der Waals surface area contributed by atoms with Gasteiger partial charge in [0.2, 0.25) is 0 Å². The van der Waals surface area contributed by atoms with Gasteiger partial charge in [0, 0.05) is 5.56 Å². The lowest BCUT2D eigenvalue weighted by Crippen LogP contribution is -2.29. The maximum absolute atomic E-state index is 13.8.